The summed E-state index contributed by atoms with van der Waals surface area (Å²) in [6.07, 6.45) is 1.78. The second kappa shape index (κ2) is 6.50. The van der Waals surface area contributed by atoms with Gasteiger partial charge in [-0.3, -0.25) is 9.78 Å². The highest BCUT2D eigenvalue weighted by Gasteiger charge is 1.92. The number of hydrogen-bond acceptors (Lipinski definition) is 4. The zero-order chi connectivity index (χ0) is 11.8. The summed E-state index contributed by atoms with van der Waals surface area (Å²) in [6, 6.07) is 7.86. The van der Waals surface area contributed by atoms with E-state index in [0.29, 0.717) is 13.1 Å². The third-order valence-corrected chi connectivity index (χ3v) is 1.80. The number of aromatic nitrogens is 2. The van der Waals surface area contributed by atoms with Crippen LogP contribution in [0.2, 0.25) is 0 Å². The number of benzene rings is 1. The van der Waals surface area contributed by atoms with Crippen molar-refractivity contribution in [3.05, 3.63) is 36.2 Å². The lowest BCUT2D eigenvalue weighted by Crippen LogP contribution is -1.85. The van der Waals surface area contributed by atoms with Crippen molar-refractivity contribution in [1.82, 2.24) is 9.97 Å². The summed E-state index contributed by atoms with van der Waals surface area (Å²) >= 11 is 0. The first kappa shape index (κ1) is 12.1. The number of fused-ring (bicyclic) bond motifs is 1. The van der Waals surface area contributed by atoms with Crippen LogP contribution >= 0.6 is 0 Å². The van der Waals surface area contributed by atoms with Gasteiger partial charge in [0.2, 0.25) is 0 Å². The Balaban J connectivity index is 0.000000221. The van der Waals surface area contributed by atoms with Gasteiger partial charge in [-0.2, -0.15) is 0 Å². The molecular weight excluding hydrogens is 204 g/mol. The van der Waals surface area contributed by atoms with Crippen molar-refractivity contribution in [2.75, 3.05) is 6.61 Å². The number of hydrogen-bond donors (Lipinski definition) is 0. The number of aryl methyl sites for hydroxylation is 1. The molecule has 0 unspecified atom stereocenters. The van der Waals surface area contributed by atoms with Crippen LogP contribution in [0.1, 0.15) is 12.6 Å². The largest absolute Gasteiger partial charge is 0.468 e. The van der Waals surface area contributed by atoms with Gasteiger partial charge in [-0.25, -0.2) is 4.98 Å². The predicted molar refractivity (Wildman–Crippen MR) is 62.0 cm³/mol. The van der Waals surface area contributed by atoms with E-state index < -0.39 is 0 Å². The van der Waals surface area contributed by atoms with Gasteiger partial charge in [-0.05, 0) is 26.0 Å². The lowest BCUT2D eigenvalue weighted by Gasteiger charge is -1.95. The van der Waals surface area contributed by atoms with Gasteiger partial charge in [-0.15, -0.1) is 0 Å². The molecule has 0 bridgehead atoms. The number of carbonyl (C=O) groups excluding carboxylic acids is 1. The molecule has 2 rings (SSSR count). The van der Waals surface area contributed by atoms with Crippen LogP contribution in [0.15, 0.2) is 30.5 Å². The third kappa shape index (κ3) is 3.65. The van der Waals surface area contributed by atoms with Crippen molar-refractivity contribution in [2.45, 2.75) is 13.8 Å². The Morgan fingerprint density at radius 1 is 1.31 bits per heavy atom. The fourth-order valence-electron chi connectivity index (χ4n) is 1.12. The van der Waals surface area contributed by atoms with E-state index in [1.54, 1.807) is 13.1 Å². The van der Waals surface area contributed by atoms with E-state index in [4.69, 9.17) is 0 Å². The molecule has 0 atom stereocenters. The molecule has 0 aliphatic rings. The van der Waals surface area contributed by atoms with Crippen molar-refractivity contribution in [2.24, 2.45) is 0 Å². The van der Waals surface area contributed by atoms with Gasteiger partial charge >= 0.3 is 0 Å². The standard InChI is InChI=1S/C9H8N2.C3H6O2/c1-7-6-10-8-4-2-3-5-9(8)11-7;1-2-5-3-4/h2-6H,1H3;3H,2H2,1H3. The second-order valence-electron chi connectivity index (χ2n) is 3.05. The van der Waals surface area contributed by atoms with Crippen molar-refractivity contribution in [3.8, 4) is 0 Å². The Morgan fingerprint density at radius 3 is 2.56 bits per heavy atom. The van der Waals surface area contributed by atoms with Gasteiger partial charge in [0.05, 0.1) is 23.3 Å². The SMILES string of the molecule is CCOC=O.Cc1cnc2ccccc2n1. The smallest absolute Gasteiger partial charge is 0.293 e. The zero-order valence-electron chi connectivity index (χ0n) is 9.38. The van der Waals surface area contributed by atoms with Crippen LogP contribution in [-0.2, 0) is 9.53 Å². The van der Waals surface area contributed by atoms with Crippen LogP contribution in [0.25, 0.3) is 11.0 Å². The average molecular weight is 218 g/mol. The van der Waals surface area contributed by atoms with E-state index in [2.05, 4.69) is 14.7 Å². The molecule has 1 heterocycles. The van der Waals surface area contributed by atoms with Gasteiger partial charge in [-0.1, -0.05) is 12.1 Å². The molecule has 1 aromatic carbocycles. The lowest BCUT2D eigenvalue weighted by atomic mass is 10.3. The maximum absolute atomic E-state index is 9.18. The molecule has 16 heavy (non-hydrogen) atoms. The Labute approximate surface area is 94.3 Å². The Bertz CT molecular complexity index is 457. The van der Waals surface area contributed by atoms with Crippen molar-refractivity contribution < 1.29 is 9.53 Å². The van der Waals surface area contributed by atoms with Crippen molar-refractivity contribution in [1.29, 1.82) is 0 Å². The van der Waals surface area contributed by atoms with Crippen LogP contribution in [0.4, 0.5) is 0 Å². The van der Waals surface area contributed by atoms with E-state index in [9.17, 15) is 4.79 Å². The molecular formula is C12H14N2O2. The first-order valence-corrected chi connectivity index (χ1v) is 5.01. The quantitative estimate of drug-likeness (QED) is 0.724. The summed E-state index contributed by atoms with van der Waals surface area (Å²) in [4.78, 5) is 17.7. The van der Waals surface area contributed by atoms with Gasteiger partial charge in [0.1, 0.15) is 0 Å². The summed E-state index contributed by atoms with van der Waals surface area (Å²) in [7, 11) is 0. The second-order valence-corrected chi connectivity index (χ2v) is 3.05. The molecule has 0 aliphatic carbocycles. The molecule has 0 amide bonds. The Morgan fingerprint density at radius 2 is 2.00 bits per heavy atom. The molecule has 0 spiro atoms. The summed E-state index contributed by atoms with van der Waals surface area (Å²) in [6.45, 7) is 4.61. The van der Waals surface area contributed by atoms with Gasteiger partial charge in [0.15, 0.2) is 0 Å². The summed E-state index contributed by atoms with van der Waals surface area (Å²) < 4.78 is 4.15. The van der Waals surface area contributed by atoms with Crippen LogP contribution in [0, 0.1) is 6.92 Å². The van der Waals surface area contributed by atoms with E-state index in [1.807, 2.05) is 31.2 Å². The van der Waals surface area contributed by atoms with Crippen LogP contribution in [0.3, 0.4) is 0 Å². The van der Waals surface area contributed by atoms with Crippen molar-refractivity contribution in [3.63, 3.8) is 0 Å². The minimum atomic E-state index is 0.431. The molecule has 0 fully saturated rings. The molecule has 0 saturated carbocycles. The normalized spacial score (nSPS) is 9.12. The fraction of sp³-hybridized carbons (Fsp3) is 0.250. The third-order valence-electron chi connectivity index (χ3n) is 1.80. The van der Waals surface area contributed by atoms with Crippen LogP contribution in [-0.4, -0.2) is 23.0 Å². The molecule has 84 valence electrons. The molecule has 4 heteroatoms. The molecule has 0 saturated heterocycles. The summed E-state index contributed by atoms with van der Waals surface area (Å²) in [5.74, 6) is 0. The molecule has 0 aliphatic heterocycles. The molecule has 0 radical (unpaired) electrons. The summed E-state index contributed by atoms with van der Waals surface area (Å²) in [5.41, 5.74) is 2.88. The average Bonchev–Trinajstić information content (AvgIpc) is 2.31. The van der Waals surface area contributed by atoms with Crippen molar-refractivity contribution >= 4 is 17.5 Å². The minimum absolute atomic E-state index is 0.431. The highest BCUT2D eigenvalue weighted by molar-refractivity contribution is 5.73. The van der Waals surface area contributed by atoms with Crippen LogP contribution in [0.5, 0.6) is 0 Å². The lowest BCUT2D eigenvalue weighted by molar-refractivity contribution is -0.128. The van der Waals surface area contributed by atoms with E-state index in [1.165, 1.54) is 0 Å². The number of para-hydroxylation sites is 2. The van der Waals surface area contributed by atoms with E-state index >= 15 is 0 Å². The number of ether oxygens (including phenoxy) is 1. The Hall–Kier alpha value is -1.97. The van der Waals surface area contributed by atoms with Gasteiger partial charge in [0, 0.05) is 6.20 Å². The predicted octanol–water partition coefficient (Wildman–Crippen LogP) is 2.12. The highest BCUT2D eigenvalue weighted by atomic mass is 16.5. The molecule has 0 N–H and O–H groups in total. The first-order chi connectivity index (χ1) is 7.77. The molecule has 2 aromatic rings. The maximum atomic E-state index is 9.18. The topological polar surface area (TPSA) is 52.1 Å². The molecule has 1 aromatic heterocycles. The highest BCUT2D eigenvalue weighted by Crippen LogP contribution is 2.06. The van der Waals surface area contributed by atoms with E-state index in [-0.39, 0.29) is 0 Å². The van der Waals surface area contributed by atoms with E-state index in [0.717, 1.165) is 16.7 Å². The number of nitrogens with zero attached hydrogens (tertiary/aromatic N) is 2. The van der Waals surface area contributed by atoms with Gasteiger partial charge < -0.3 is 4.74 Å². The summed E-state index contributed by atoms with van der Waals surface area (Å²) in [5, 5.41) is 0. The molecule has 4 nitrogen and oxygen atoms in total. The fourth-order valence-corrected chi connectivity index (χ4v) is 1.12. The van der Waals surface area contributed by atoms with Crippen LogP contribution < -0.4 is 0 Å². The maximum Gasteiger partial charge on any atom is 0.293 e. The first-order valence-electron chi connectivity index (χ1n) is 5.01. The van der Waals surface area contributed by atoms with Gasteiger partial charge in [0.25, 0.3) is 6.47 Å². The Kier molecular flexibility index (Phi) is 4.92. The number of carbonyl (C=O) groups is 1. The monoisotopic (exact) mass is 218 g/mol. The minimum Gasteiger partial charge on any atom is -0.468 e. The zero-order valence-corrected chi connectivity index (χ0v) is 9.38. The number of rotatable bonds is 2.